The number of fused-ring (bicyclic) bond motifs is 2. The lowest BCUT2D eigenvalue weighted by atomic mass is 10.1. The van der Waals surface area contributed by atoms with Crippen LogP contribution in [-0.2, 0) is 20.5 Å². The molecule has 2 aromatic carbocycles. The number of primary amides is 1. The van der Waals surface area contributed by atoms with Crippen molar-refractivity contribution in [1.82, 2.24) is 9.88 Å². The molecule has 1 aliphatic rings. The van der Waals surface area contributed by atoms with E-state index < -0.39 is 36.0 Å². The van der Waals surface area contributed by atoms with E-state index in [0.717, 1.165) is 23.5 Å². The Balaban J connectivity index is 1.63. The first kappa shape index (κ1) is 26.0. The number of thiazole rings is 1. The monoisotopic (exact) mass is 536 g/mol. The van der Waals surface area contributed by atoms with Crippen molar-refractivity contribution in [2.45, 2.75) is 18.9 Å². The summed E-state index contributed by atoms with van der Waals surface area (Å²) in [6, 6.07) is 7.72. The summed E-state index contributed by atoms with van der Waals surface area (Å²) in [7, 11) is 3.07. The lowest BCUT2D eigenvalue weighted by Crippen LogP contribution is -2.65. The van der Waals surface area contributed by atoms with Crippen molar-refractivity contribution in [3.8, 4) is 0 Å². The predicted molar refractivity (Wildman–Crippen MR) is 132 cm³/mol. The minimum absolute atomic E-state index is 0.133. The second-order valence-electron chi connectivity index (χ2n) is 8.36. The normalized spacial score (nSPS) is 16.8. The average molecular weight is 537 g/mol. The van der Waals surface area contributed by atoms with Crippen LogP contribution in [0.1, 0.15) is 22.8 Å². The van der Waals surface area contributed by atoms with Gasteiger partial charge in [-0.15, -0.1) is 0 Å². The minimum atomic E-state index is -4.51. The molecule has 1 unspecified atom stereocenters. The Morgan fingerprint density at radius 1 is 1.22 bits per heavy atom. The molecule has 37 heavy (non-hydrogen) atoms. The Labute approximate surface area is 213 Å². The van der Waals surface area contributed by atoms with Gasteiger partial charge in [0.2, 0.25) is 0 Å². The molecule has 0 spiro atoms. The van der Waals surface area contributed by atoms with Crippen molar-refractivity contribution in [2.75, 3.05) is 42.8 Å². The highest BCUT2D eigenvalue weighted by Gasteiger charge is 2.49. The molecular formula is C23H23F3N6O4S. The molecule has 0 bridgehead atoms. The summed E-state index contributed by atoms with van der Waals surface area (Å²) in [6.45, 7) is 1.64. The van der Waals surface area contributed by atoms with E-state index in [1.54, 1.807) is 17.9 Å². The van der Waals surface area contributed by atoms with Crippen LogP contribution in [-0.4, -0.2) is 60.7 Å². The van der Waals surface area contributed by atoms with Crippen LogP contribution in [0.3, 0.4) is 0 Å². The fourth-order valence-corrected chi connectivity index (χ4v) is 4.81. The number of carbonyl (C=O) groups excluding carboxylic acids is 3. The van der Waals surface area contributed by atoms with E-state index in [1.165, 1.54) is 37.2 Å². The molecule has 2 heterocycles. The van der Waals surface area contributed by atoms with Gasteiger partial charge in [-0.2, -0.15) is 13.2 Å². The number of likely N-dealkylation sites (N-methyl/N-ethyl adjacent to an activating group) is 2. The van der Waals surface area contributed by atoms with Crippen molar-refractivity contribution in [1.29, 1.82) is 0 Å². The molecule has 0 fully saturated rings. The number of halogens is 3. The standard InChI is InChI=1S/C23H23F3N6O4S/c1-4-32-16-8-5-12(19(34)36-11-18(33)31(2)3)9-15(16)29-23(32,20(27)35)30-21-28-14-7-6-13(22(24,25)26)10-17(14)37-21/h5-10,29H,4,11H2,1-3H3,(H2,27,35)(H,28,30). The Bertz CT molecular complexity index is 1390. The summed E-state index contributed by atoms with van der Waals surface area (Å²) in [6.07, 6.45) is -4.51. The molecule has 10 nitrogen and oxygen atoms in total. The molecule has 4 N–H and O–H groups in total. The smallest absolute Gasteiger partial charge is 0.416 e. The zero-order chi connectivity index (χ0) is 27.1. The zero-order valence-corrected chi connectivity index (χ0v) is 20.8. The van der Waals surface area contributed by atoms with E-state index >= 15 is 0 Å². The van der Waals surface area contributed by atoms with Crippen LogP contribution in [0, 0.1) is 0 Å². The zero-order valence-electron chi connectivity index (χ0n) is 20.0. The van der Waals surface area contributed by atoms with E-state index in [2.05, 4.69) is 15.6 Å². The Morgan fingerprint density at radius 2 is 1.95 bits per heavy atom. The summed E-state index contributed by atoms with van der Waals surface area (Å²) >= 11 is 0.935. The number of carbonyl (C=O) groups is 3. The number of alkyl halides is 3. The summed E-state index contributed by atoms with van der Waals surface area (Å²) < 4.78 is 44.7. The molecule has 1 aliphatic heterocycles. The Morgan fingerprint density at radius 3 is 2.57 bits per heavy atom. The molecule has 14 heteroatoms. The fraction of sp³-hybridized carbons (Fsp3) is 0.304. The van der Waals surface area contributed by atoms with E-state index in [1.807, 2.05) is 0 Å². The second-order valence-corrected chi connectivity index (χ2v) is 9.40. The van der Waals surface area contributed by atoms with Gasteiger partial charge in [-0.25, -0.2) is 9.78 Å². The van der Waals surface area contributed by atoms with Crippen molar-refractivity contribution in [3.63, 3.8) is 0 Å². The third-order valence-corrected chi connectivity index (χ3v) is 6.68. The van der Waals surface area contributed by atoms with Crippen molar-refractivity contribution >= 4 is 55.8 Å². The summed E-state index contributed by atoms with van der Waals surface area (Å²) in [5.74, 6) is -3.68. The van der Waals surface area contributed by atoms with Gasteiger partial charge in [-0.05, 0) is 43.3 Å². The van der Waals surface area contributed by atoms with Gasteiger partial charge < -0.3 is 30.9 Å². The number of aromatic nitrogens is 1. The van der Waals surface area contributed by atoms with Crippen LogP contribution in [0.2, 0.25) is 0 Å². The molecule has 0 saturated carbocycles. The third kappa shape index (κ3) is 4.83. The van der Waals surface area contributed by atoms with Crippen LogP contribution in [0.4, 0.5) is 29.7 Å². The topological polar surface area (TPSA) is 130 Å². The number of nitrogens with zero attached hydrogens (tertiary/aromatic N) is 3. The number of nitrogens with two attached hydrogens (primary N) is 1. The molecule has 0 aliphatic carbocycles. The number of hydrogen-bond acceptors (Lipinski definition) is 9. The summed E-state index contributed by atoms with van der Waals surface area (Å²) in [5.41, 5.74) is 6.35. The lowest BCUT2D eigenvalue weighted by molar-refractivity contribution is -0.137. The second kappa shape index (κ2) is 9.42. The highest BCUT2D eigenvalue weighted by Crippen LogP contribution is 2.42. The van der Waals surface area contributed by atoms with Crippen LogP contribution in [0.5, 0.6) is 0 Å². The average Bonchev–Trinajstić information content (AvgIpc) is 3.38. The van der Waals surface area contributed by atoms with E-state index in [0.29, 0.717) is 23.4 Å². The highest BCUT2D eigenvalue weighted by atomic mass is 32.1. The maximum atomic E-state index is 13.1. The van der Waals surface area contributed by atoms with Crippen LogP contribution >= 0.6 is 11.3 Å². The first-order valence-corrected chi connectivity index (χ1v) is 11.8. The minimum Gasteiger partial charge on any atom is -0.452 e. The van der Waals surface area contributed by atoms with Gasteiger partial charge in [0.25, 0.3) is 17.6 Å². The SMILES string of the molecule is CCN1c2ccc(C(=O)OCC(=O)N(C)C)cc2NC1(Nc1nc2ccc(C(F)(F)F)cc2s1)C(N)=O. The van der Waals surface area contributed by atoms with Gasteiger partial charge >= 0.3 is 12.1 Å². The maximum absolute atomic E-state index is 13.1. The van der Waals surface area contributed by atoms with E-state index in [4.69, 9.17) is 10.5 Å². The first-order valence-electron chi connectivity index (χ1n) is 11.0. The Kier molecular flexibility index (Phi) is 6.62. The van der Waals surface area contributed by atoms with Crippen molar-refractivity contribution < 1.29 is 32.3 Å². The molecule has 0 saturated heterocycles. The number of hydrogen-bond donors (Lipinski definition) is 3. The number of nitrogens with one attached hydrogen (secondary N) is 2. The number of ether oxygens (including phenoxy) is 1. The number of benzene rings is 2. The van der Waals surface area contributed by atoms with Gasteiger partial charge in [0.1, 0.15) is 0 Å². The third-order valence-electron chi connectivity index (χ3n) is 5.75. The molecule has 2 amide bonds. The van der Waals surface area contributed by atoms with Crippen LogP contribution in [0.25, 0.3) is 10.2 Å². The molecule has 4 rings (SSSR count). The first-order chi connectivity index (χ1) is 17.4. The number of amides is 2. The van der Waals surface area contributed by atoms with E-state index in [9.17, 15) is 27.6 Å². The maximum Gasteiger partial charge on any atom is 0.416 e. The number of anilines is 3. The molecule has 3 aromatic rings. The van der Waals surface area contributed by atoms with Gasteiger partial charge in [-0.1, -0.05) is 11.3 Å². The van der Waals surface area contributed by atoms with Gasteiger partial charge in [0.05, 0.1) is 32.7 Å². The van der Waals surface area contributed by atoms with Crippen LogP contribution < -0.4 is 21.3 Å². The lowest BCUT2D eigenvalue weighted by Gasteiger charge is -2.36. The van der Waals surface area contributed by atoms with Crippen molar-refractivity contribution in [2.24, 2.45) is 5.73 Å². The fourth-order valence-electron chi connectivity index (χ4n) is 3.85. The molecular weight excluding hydrogens is 513 g/mol. The predicted octanol–water partition coefficient (Wildman–Crippen LogP) is 3.06. The van der Waals surface area contributed by atoms with Gasteiger partial charge in [0, 0.05) is 20.6 Å². The van der Waals surface area contributed by atoms with Gasteiger partial charge in [-0.3, -0.25) is 9.59 Å². The molecule has 196 valence electrons. The highest BCUT2D eigenvalue weighted by molar-refractivity contribution is 7.22. The number of esters is 1. The van der Waals surface area contributed by atoms with Crippen molar-refractivity contribution in [3.05, 3.63) is 47.5 Å². The molecule has 1 atom stereocenters. The molecule has 1 aromatic heterocycles. The number of rotatable bonds is 7. The summed E-state index contributed by atoms with van der Waals surface area (Å²) in [4.78, 5) is 44.2. The Hall–Kier alpha value is -4.07. The van der Waals surface area contributed by atoms with Crippen LogP contribution in [0.15, 0.2) is 36.4 Å². The molecule has 0 radical (unpaired) electrons. The quantitative estimate of drug-likeness (QED) is 0.393. The largest absolute Gasteiger partial charge is 0.452 e. The summed E-state index contributed by atoms with van der Waals surface area (Å²) in [5, 5.41) is 6.11. The van der Waals surface area contributed by atoms with Gasteiger partial charge in [0.15, 0.2) is 11.7 Å². The van der Waals surface area contributed by atoms with E-state index in [-0.39, 0.29) is 21.3 Å².